The first-order valence-corrected chi connectivity index (χ1v) is 8.01. The van der Waals surface area contributed by atoms with Gasteiger partial charge in [0.1, 0.15) is 11.3 Å². The number of carbonyl (C=O) groups is 1. The maximum atomic E-state index is 13.0. The second kappa shape index (κ2) is 5.64. The molecule has 0 spiro atoms. The molecule has 0 atom stereocenters. The predicted molar refractivity (Wildman–Crippen MR) is 92.9 cm³/mol. The van der Waals surface area contributed by atoms with Crippen LogP contribution in [-0.2, 0) is 6.42 Å². The van der Waals surface area contributed by atoms with E-state index in [0.717, 1.165) is 31.4 Å². The number of hydrogen-bond acceptors (Lipinski definition) is 2. The van der Waals surface area contributed by atoms with Gasteiger partial charge in [0.25, 0.3) is 0 Å². The van der Waals surface area contributed by atoms with Crippen LogP contribution in [0.3, 0.4) is 0 Å². The van der Waals surface area contributed by atoms with Crippen molar-refractivity contribution >= 4 is 39.3 Å². The number of ketones is 1. The standard InChI is InChI=1S/C18H15IO2/c1-3-14-16(12-8-4-5-10-15(12)21-14)18(20)13-9-6-7-11(2)17(13)19/h4-10H,3H2,1-2H3. The Kier molecular flexibility index (Phi) is 3.85. The third-order valence-corrected chi connectivity index (χ3v) is 5.08. The predicted octanol–water partition coefficient (Wildman–Crippen LogP) is 5.14. The van der Waals surface area contributed by atoms with Crippen molar-refractivity contribution in [3.05, 3.63) is 68.5 Å². The summed E-state index contributed by atoms with van der Waals surface area (Å²) in [6.45, 7) is 4.03. The minimum absolute atomic E-state index is 0.0462. The Labute approximate surface area is 137 Å². The molecule has 3 heteroatoms. The van der Waals surface area contributed by atoms with Gasteiger partial charge in [-0.15, -0.1) is 0 Å². The van der Waals surface area contributed by atoms with Crippen LogP contribution in [0, 0.1) is 10.5 Å². The largest absolute Gasteiger partial charge is 0.460 e. The summed E-state index contributed by atoms with van der Waals surface area (Å²) in [6.07, 6.45) is 0.706. The lowest BCUT2D eigenvalue weighted by Crippen LogP contribution is -2.06. The highest BCUT2D eigenvalue weighted by Gasteiger charge is 2.22. The molecular weight excluding hydrogens is 375 g/mol. The van der Waals surface area contributed by atoms with Crippen LogP contribution in [0.15, 0.2) is 46.9 Å². The minimum Gasteiger partial charge on any atom is -0.460 e. The zero-order chi connectivity index (χ0) is 15.0. The quantitative estimate of drug-likeness (QED) is 0.458. The fourth-order valence-electron chi connectivity index (χ4n) is 2.55. The summed E-state index contributed by atoms with van der Waals surface area (Å²) >= 11 is 2.24. The van der Waals surface area contributed by atoms with Crippen LogP contribution in [0.2, 0.25) is 0 Å². The Morgan fingerprint density at radius 1 is 1.14 bits per heavy atom. The van der Waals surface area contributed by atoms with E-state index < -0.39 is 0 Å². The van der Waals surface area contributed by atoms with Gasteiger partial charge in [0.15, 0.2) is 5.78 Å². The summed E-state index contributed by atoms with van der Waals surface area (Å²) in [4.78, 5) is 13.0. The molecule has 0 amide bonds. The van der Waals surface area contributed by atoms with Crippen molar-refractivity contribution < 1.29 is 9.21 Å². The molecule has 2 nitrogen and oxygen atoms in total. The van der Waals surface area contributed by atoms with Crippen molar-refractivity contribution in [3.63, 3.8) is 0 Å². The van der Waals surface area contributed by atoms with Crippen LogP contribution >= 0.6 is 22.6 Å². The monoisotopic (exact) mass is 390 g/mol. The Morgan fingerprint density at radius 3 is 2.67 bits per heavy atom. The third kappa shape index (κ3) is 2.39. The second-order valence-corrected chi connectivity index (χ2v) is 6.09. The number of carbonyl (C=O) groups excluding carboxylic acids is 1. The Hall–Kier alpha value is -1.62. The minimum atomic E-state index is 0.0462. The molecule has 1 heterocycles. The highest BCUT2D eigenvalue weighted by atomic mass is 127. The molecule has 1 aromatic heterocycles. The molecule has 106 valence electrons. The number of benzene rings is 2. The van der Waals surface area contributed by atoms with Crippen LogP contribution in [0.1, 0.15) is 34.2 Å². The number of para-hydroxylation sites is 1. The van der Waals surface area contributed by atoms with Gasteiger partial charge in [-0.1, -0.05) is 37.3 Å². The van der Waals surface area contributed by atoms with E-state index in [2.05, 4.69) is 22.6 Å². The molecule has 0 saturated carbocycles. The first kappa shape index (κ1) is 14.3. The van der Waals surface area contributed by atoms with Crippen LogP contribution in [0.25, 0.3) is 11.0 Å². The molecule has 0 aliphatic heterocycles. The highest BCUT2D eigenvalue weighted by molar-refractivity contribution is 14.1. The SMILES string of the molecule is CCc1oc2ccccc2c1C(=O)c1cccc(C)c1I. The lowest BCUT2D eigenvalue weighted by Gasteiger charge is -2.06. The fourth-order valence-corrected chi connectivity index (χ4v) is 3.16. The Balaban J connectivity index is 2.24. The maximum absolute atomic E-state index is 13.0. The zero-order valence-corrected chi connectivity index (χ0v) is 14.1. The van der Waals surface area contributed by atoms with Crippen molar-refractivity contribution in [1.82, 2.24) is 0 Å². The van der Waals surface area contributed by atoms with E-state index in [1.807, 2.05) is 56.3 Å². The topological polar surface area (TPSA) is 30.2 Å². The first-order valence-electron chi connectivity index (χ1n) is 6.93. The number of halogens is 1. The van der Waals surface area contributed by atoms with E-state index in [1.165, 1.54) is 0 Å². The average Bonchev–Trinajstić information content (AvgIpc) is 2.88. The summed E-state index contributed by atoms with van der Waals surface area (Å²) in [7, 11) is 0. The molecule has 3 aromatic rings. The number of hydrogen-bond donors (Lipinski definition) is 0. The van der Waals surface area contributed by atoms with Crippen LogP contribution in [0.4, 0.5) is 0 Å². The van der Waals surface area contributed by atoms with E-state index in [1.54, 1.807) is 0 Å². The molecule has 0 saturated heterocycles. The number of rotatable bonds is 3. The van der Waals surface area contributed by atoms with E-state index in [4.69, 9.17) is 4.42 Å². The fraction of sp³-hybridized carbons (Fsp3) is 0.167. The van der Waals surface area contributed by atoms with E-state index >= 15 is 0 Å². The summed E-state index contributed by atoms with van der Waals surface area (Å²) in [6, 6.07) is 13.6. The maximum Gasteiger partial charge on any atom is 0.198 e. The third-order valence-electron chi connectivity index (χ3n) is 3.65. The lowest BCUT2D eigenvalue weighted by atomic mass is 9.98. The summed E-state index contributed by atoms with van der Waals surface area (Å²) < 4.78 is 6.84. The van der Waals surface area contributed by atoms with Gasteiger partial charge in [0, 0.05) is 20.9 Å². The molecule has 2 aromatic carbocycles. The summed E-state index contributed by atoms with van der Waals surface area (Å²) in [5, 5.41) is 0.900. The number of aryl methyl sites for hydroxylation is 2. The highest BCUT2D eigenvalue weighted by Crippen LogP contribution is 2.30. The zero-order valence-electron chi connectivity index (χ0n) is 11.9. The molecule has 0 aliphatic rings. The van der Waals surface area contributed by atoms with Gasteiger partial charge in [-0.25, -0.2) is 0 Å². The molecule has 3 rings (SSSR count). The Morgan fingerprint density at radius 2 is 1.90 bits per heavy atom. The molecule has 0 bridgehead atoms. The average molecular weight is 390 g/mol. The van der Waals surface area contributed by atoms with E-state index in [0.29, 0.717) is 12.0 Å². The van der Waals surface area contributed by atoms with Crippen LogP contribution in [-0.4, -0.2) is 5.78 Å². The van der Waals surface area contributed by atoms with Gasteiger partial charge < -0.3 is 4.42 Å². The van der Waals surface area contributed by atoms with Gasteiger partial charge in [0.05, 0.1) is 5.56 Å². The Bertz CT molecular complexity index is 830. The lowest BCUT2D eigenvalue weighted by molar-refractivity contribution is 0.103. The van der Waals surface area contributed by atoms with Crippen LogP contribution in [0.5, 0.6) is 0 Å². The van der Waals surface area contributed by atoms with Gasteiger partial charge >= 0.3 is 0 Å². The van der Waals surface area contributed by atoms with Crippen molar-refractivity contribution in [2.24, 2.45) is 0 Å². The van der Waals surface area contributed by atoms with E-state index in [9.17, 15) is 4.79 Å². The summed E-state index contributed by atoms with van der Waals surface area (Å²) in [5.74, 6) is 0.809. The van der Waals surface area contributed by atoms with Crippen molar-refractivity contribution in [2.75, 3.05) is 0 Å². The van der Waals surface area contributed by atoms with E-state index in [-0.39, 0.29) is 5.78 Å². The van der Waals surface area contributed by atoms with Crippen molar-refractivity contribution in [3.8, 4) is 0 Å². The summed E-state index contributed by atoms with van der Waals surface area (Å²) in [5.41, 5.74) is 3.35. The molecule has 0 radical (unpaired) electrons. The molecule has 0 N–H and O–H groups in total. The smallest absolute Gasteiger partial charge is 0.198 e. The normalized spacial score (nSPS) is 11.0. The molecular formula is C18H15IO2. The van der Waals surface area contributed by atoms with Gasteiger partial charge in [-0.3, -0.25) is 4.79 Å². The van der Waals surface area contributed by atoms with Crippen molar-refractivity contribution in [1.29, 1.82) is 0 Å². The second-order valence-electron chi connectivity index (χ2n) is 5.02. The molecule has 0 unspecified atom stereocenters. The number of furan rings is 1. The van der Waals surface area contributed by atoms with Gasteiger partial charge in [0.2, 0.25) is 0 Å². The molecule has 0 fully saturated rings. The molecule has 0 aliphatic carbocycles. The van der Waals surface area contributed by atoms with Crippen molar-refractivity contribution in [2.45, 2.75) is 20.3 Å². The number of fused-ring (bicyclic) bond motifs is 1. The van der Waals surface area contributed by atoms with Crippen LogP contribution < -0.4 is 0 Å². The van der Waals surface area contributed by atoms with Gasteiger partial charge in [-0.05, 0) is 47.2 Å². The van der Waals surface area contributed by atoms with Gasteiger partial charge in [-0.2, -0.15) is 0 Å². The molecule has 21 heavy (non-hydrogen) atoms. The first-order chi connectivity index (χ1) is 10.1.